The summed E-state index contributed by atoms with van der Waals surface area (Å²) in [6.07, 6.45) is 2.81. The van der Waals surface area contributed by atoms with Crippen LogP contribution in [-0.2, 0) is 4.79 Å². The number of nitrogens with one attached hydrogen (secondary N) is 2. The highest BCUT2D eigenvalue weighted by Gasteiger charge is 2.11. The van der Waals surface area contributed by atoms with Gasteiger partial charge in [0.15, 0.2) is 5.11 Å². The van der Waals surface area contributed by atoms with Gasteiger partial charge in [0.05, 0.1) is 10.7 Å². The largest absolute Gasteiger partial charge is 0.506 e. The zero-order chi connectivity index (χ0) is 22.7. The number of fused-ring (bicyclic) bond motifs is 1. The van der Waals surface area contributed by atoms with E-state index in [0.717, 1.165) is 10.8 Å². The fourth-order valence-electron chi connectivity index (χ4n) is 3.12. The maximum Gasteiger partial charge on any atom is 0.250 e. The minimum atomic E-state index is -0.454. The molecule has 4 rings (SSSR count). The molecule has 0 aliphatic heterocycles. The number of furan rings is 1. The summed E-state index contributed by atoms with van der Waals surface area (Å²) in [4.78, 5) is 12.3. The van der Waals surface area contributed by atoms with Crippen LogP contribution in [0, 0.1) is 0 Å². The molecular formula is C24H16Cl2N2O3S. The van der Waals surface area contributed by atoms with E-state index in [1.807, 2.05) is 24.3 Å². The number of anilines is 1. The maximum absolute atomic E-state index is 12.3. The highest BCUT2D eigenvalue weighted by atomic mass is 35.5. The number of amides is 1. The first-order valence-corrected chi connectivity index (χ1v) is 10.6. The summed E-state index contributed by atoms with van der Waals surface area (Å²) in [5.74, 6) is 0.589. The summed E-state index contributed by atoms with van der Waals surface area (Å²) < 4.78 is 5.73. The molecule has 160 valence electrons. The minimum Gasteiger partial charge on any atom is -0.506 e. The Bertz CT molecular complexity index is 1360. The van der Waals surface area contributed by atoms with Gasteiger partial charge in [0, 0.05) is 22.0 Å². The van der Waals surface area contributed by atoms with Crippen molar-refractivity contribution in [1.82, 2.24) is 5.32 Å². The molecule has 0 saturated heterocycles. The first-order valence-electron chi connectivity index (χ1n) is 9.47. The van der Waals surface area contributed by atoms with Crippen molar-refractivity contribution < 1.29 is 14.3 Å². The van der Waals surface area contributed by atoms with Crippen LogP contribution in [0.15, 0.2) is 77.2 Å². The van der Waals surface area contributed by atoms with Gasteiger partial charge in [-0.3, -0.25) is 10.1 Å². The lowest BCUT2D eigenvalue weighted by Crippen LogP contribution is -2.32. The molecule has 0 aliphatic carbocycles. The Hall–Kier alpha value is -3.32. The highest BCUT2D eigenvalue weighted by Crippen LogP contribution is 2.33. The number of carbonyl (C=O) groups excluding carboxylic acids is 1. The lowest BCUT2D eigenvalue weighted by molar-refractivity contribution is -0.115. The maximum atomic E-state index is 12.3. The lowest BCUT2D eigenvalue weighted by Gasteiger charge is -2.12. The molecule has 3 aromatic carbocycles. The van der Waals surface area contributed by atoms with Crippen LogP contribution in [0.3, 0.4) is 0 Å². The fourth-order valence-corrected chi connectivity index (χ4v) is 3.83. The average molecular weight is 483 g/mol. The van der Waals surface area contributed by atoms with Gasteiger partial charge in [0.2, 0.25) is 5.91 Å². The van der Waals surface area contributed by atoms with Crippen molar-refractivity contribution in [2.45, 2.75) is 0 Å². The molecule has 0 unspecified atom stereocenters. The molecule has 1 amide bonds. The fraction of sp³-hybridized carbons (Fsp3) is 0. The smallest absolute Gasteiger partial charge is 0.250 e. The van der Waals surface area contributed by atoms with Gasteiger partial charge in [-0.25, -0.2) is 0 Å². The van der Waals surface area contributed by atoms with E-state index in [-0.39, 0.29) is 10.9 Å². The van der Waals surface area contributed by atoms with E-state index in [0.29, 0.717) is 32.8 Å². The third kappa shape index (κ3) is 4.94. The highest BCUT2D eigenvalue weighted by molar-refractivity contribution is 7.80. The van der Waals surface area contributed by atoms with Gasteiger partial charge in [0.25, 0.3) is 0 Å². The standard InChI is InChI=1S/C24H16Cl2N2O3S/c25-15-6-9-18(19(26)13-15)21-11-7-16(31-21)8-12-22(30)27-24(32)28-23-17-4-2-1-3-14(17)5-10-20(23)29/h1-13,29H,(H2,27,28,30,32)/b12-8+. The molecule has 0 radical (unpaired) electrons. The first kappa shape index (κ1) is 21.9. The second-order valence-electron chi connectivity index (χ2n) is 6.78. The third-order valence-corrected chi connectivity index (χ3v) is 5.36. The second-order valence-corrected chi connectivity index (χ2v) is 8.04. The predicted octanol–water partition coefficient (Wildman–Crippen LogP) is 6.64. The summed E-state index contributed by atoms with van der Waals surface area (Å²) >= 11 is 17.4. The minimum absolute atomic E-state index is 0.0276. The van der Waals surface area contributed by atoms with E-state index in [9.17, 15) is 9.90 Å². The summed E-state index contributed by atoms with van der Waals surface area (Å²) in [5, 5.41) is 18.4. The van der Waals surface area contributed by atoms with Crippen LogP contribution in [0.4, 0.5) is 5.69 Å². The lowest BCUT2D eigenvalue weighted by atomic mass is 10.1. The van der Waals surface area contributed by atoms with Crippen molar-refractivity contribution in [2.24, 2.45) is 0 Å². The molecule has 1 heterocycles. The van der Waals surface area contributed by atoms with Crippen molar-refractivity contribution in [1.29, 1.82) is 0 Å². The van der Waals surface area contributed by atoms with Crippen LogP contribution in [0.25, 0.3) is 28.2 Å². The number of aromatic hydroxyl groups is 1. The number of phenolic OH excluding ortho intramolecular Hbond substituents is 1. The van der Waals surface area contributed by atoms with Gasteiger partial charge >= 0.3 is 0 Å². The van der Waals surface area contributed by atoms with E-state index < -0.39 is 5.91 Å². The van der Waals surface area contributed by atoms with E-state index >= 15 is 0 Å². The molecule has 0 atom stereocenters. The molecule has 4 aromatic rings. The van der Waals surface area contributed by atoms with Crippen molar-refractivity contribution in [2.75, 3.05) is 5.32 Å². The molecule has 0 aliphatic rings. The van der Waals surface area contributed by atoms with Gasteiger partial charge in [-0.05, 0) is 60.1 Å². The van der Waals surface area contributed by atoms with Crippen molar-refractivity contribution >= 4 is 69.0 Å². The zero-order valence-electron chi connectivity index (χ0n) is 16.4. The number of thiocarbonyl (C=S) groups is 1. The molecule has 0 saturated carbocycles. The second kappa shape index (κ2) is 9.44. The van der Waals surface area contributed by atoms with Gasteiger partial charge < -0.3 is 14.8 Å². The molecule has 0 bridgehead atoms. The Morgan fingerprint density at radius 2 is 1.84 bits per heavy atom. The molecule has 1 aromatic heterocycles. The monoisotopic (exact) mass is 482 g/mol. The topological polar surface area (TPSA) is 74.5 Å². The number of hydrogen-bond donors (Lipinski definition) is 3. The number of carbonyl (C=O) groups is 1. The SMILES string of the molecule is O=C(/C=C/c1ccc(-c2ccc(Cl)cc2Cl)o1)NC(=S)Nc1c(O)ccc2ccccc12. The average Bonchev–Trinajstić information content (AvgIpc) is 3.23. The van der Waals surface area contributed by atoms with Gasteiger partial charge in [-0.2, -0.15) is 0 Å². The van der Waals surface area contributed by atoms with Gasteiger partial charge in [-0.1, -0.05) is 53.5 Å². The van der Waals surface area contributed by atoms with Crippen LogP contribution in [-0.4, -0.2) is 16.1 Å². The molecule has 5 nitrogen and oxygen atoms in total. The Kier molecular flexibility index (Phi) is 6.46. The number of rotatable bonds is 4. The Morgan fingerprint density at radius 1 is 1.03 bits per heavy atom. The van der Waals surface area contributed by atoms with E-state index in [1.54, 1.807) is 42.5 Å². The van der Waals surface area contributed by atoms with Crippen molar-refractivity contribution in [3.05, 3.63) is 88.6 Å². The van der Waals surface area contributed by atoms with Gasteiger partial charge in [0.1, 0.15) is 17.3 Å². The van der Waals surface area contributed by atoms with Gasteiger partial charge in [-0.15, -0.1) is 0 Å². The van der Waals surface area contributed by atoms with Crippen LogP contribution >= 0.6 is 35.4 Å². The summed E-state index contributed by atoms with van der Waals surface area (Å²) in [7, 11) is 0. The number of halogens is 2. The van der Waals surface area contributed by atoms with Crippen LogP contribution < -0.4 is 10.6 Å². The molecule has 0 spiro atoms. The number of hydrogen-bond acceptors (Lipinski definition) is 4. The summed E-state index contributed by atoms with van der Waals surface area (Å²) in [5.41, 5.74) is 1.12. The molecule has 32 heavy (non-hydrogen) atoms. The van der Waals surface area contributed by atoms with Crippen LogP contribution in [0.2, 0.25) is 10.0 Å². The Labute approximate surface area is 199 Å². The number of phenols is 1. The van der Waals surface area contributed by atoms with Crippen molar-refractivity contribution in [3.8, 4) is 17.1 Å². The molecular weight excluding hydrogens is 467 g/mol. The summed E-state index contributed by atoms with van der Waals surface area (Å²) in [6.45, 7) is 0. The van der Waals surface area contributed by atoms with Crippen LogP contribution in [0.1, 0.15) is 5.76 Å². The van der Waals surface area contributed by atoms with E-state index in [4.69, 9.17) is 39.8 Å². The Balaban J connectivity index is 1.42. The van der Waals surface area contributed by atoms with E-state index in [2.05, 4.69) is 10.6 Å². The van der Waals surface area contributed by atoms with Crippen molar-refractivity contribution in [3.63, 3.8) is 0 Å². The zero-order valence-corrected chi connectivity index (χ0v) is 18.8. The number of benzene rings is 3. The van der Waals surface area contributed by atoms with Crippen LogP contribution in [0.5, 0.6) is 5.75 Å². The predicted molar refractivity (Wildman–Crippen MR) is 133 cm³/mol. The molecule has 3 N–H and O–H groups in total. The van der Waals surface area contributed by atoms with E-state index in [1.165, 1.54) is 12.2 Å². The quantitative estimate of drug-likeness (QED) is 0.172. The first-order chi connectivity index (χ1) is 15.4. The normalized spacial score (nSPS) is 11.1. The summed E-state index contributed by atoms with van der Waals surface area (Å²) in [6, 6.07) is 19.5. The Morgan fingerprint density at radius 3 is 2.66 bits per heavy atom. The molecule has 0 fully saturated rings. The third-order valence-electron chi connectivity index (χ3n) is 4.60. The molecule has 8 heteroatoms.